The van der Waals surface area contributed by atoms with Crippen molar-refractivity contribution in [1.82, 2.24) is 9.97 Å². The third-order valence-electron chi connectivity index (χ3n) is 2.34. The van der Waals surface area contributed by atoms with Crippen LogP contribution in [0.4, 0.5) is 5.69 Å². The van der Waals surface area contributed by atoms with Gasteiger partial charge in [-0.25, -0.2) is 9.97 Å². The second kappa shape index (κ2) is 4.47. The van der Waals surface area contributed by atoms with Gasteiger partial charge in [0.05, 0.1) is 16.2 Å². The number of rotatable bonds is 2. The number of aromatic nitrogens is 2. The number of halogens is 1. The number of benzene rings is 1. The molecule has 2 aromatic rings. The number of para-hydroxylation sites is 1. The summed E-state index contributed by atoms with van der Waals surface area (Å²) in [6.07, 6.45) is 1.49. The van der Waals surface area contributed by atoms with Gasteiger partial charge in [0.2, 0.25) is 5.28 Å². The zero-order valence-corrected chi connectivity index (χ0v) is 9.68. The first-order valence-corrected chi connectivity index (χ1v) is 5.20. The van der Waals surface area contributed by atoms with Crippen molar-refractivity contribution in [2.75, 3.05) is 0 Å². The monoisotopic (exact) mass is 249 g/mol. The number of nitro groups is 1. The van der Waals surface area contributed by atoms with E-state index in [9.17, 15) is 10.1 Å². The van der Waals surface area contributed by atoms with E-state index in [0.29, 0.717) is 16.8 Å². The molecule has 17 heavy (non-hydrogen) atoms. The molecular weight excluding hydrogens is 242 g/mol. The van der Waals surface area contributed by atoms with Crippen LogP contribution in [0.2, 0.25) is 5.28 Å². The van der Waals surface area contributed by atoms with E-state index in [1.165, 1.54) is 12.3 Å². The summed E-state index contributed by atoms with van der Waals surface area (Å²) in [6.45, 7) is 1.74. The number of hydrogen-bond acceptors (Lipinski definition) is 4. The van der Waals surface area contributed by atoms with Crippen molar-refractivity contribution in [1.29, 1.82) is 0 Å². The minimum Gasteiger partial charge on any atom is -0.258 e. The molecule has 1 aromatic heterocycles. The Hall–Kier alpha value is -2.01. The molecule has 0 atom stereocenters. The van der Waals surface area contributed by atoms with Crippen molar-refractivity contribution in [2.45, 2.75) is 6.92 Å². The Bertz CT molecular complexity index is 587. The van der Waals surface area contributed by atoms with Crippen LogP contribution < -0.4 is 0 Å². The van der Waals surface area contributed by atoms with Gasteiger partial charge < -0.3 is 0 Å². The van der Waals surface area contributed by atoms with Crippen LogP contribution in [0, 0.1) is 17.0 Å². The number of hydrogen-bond donors (Lipinski definition) is 0. The molecule has 5 nitrogen and oxygen atoms in total. The van der Waals surface area contributed by atoms with Gasteiger partial charge in [-0.05, 0) is 24.6 Å². The summed E-state index contributed by atoms with van der Waals surface area (Å²) in [6, 6.07) is 6.46. The van der Waals surface area contributed by atoms with Crippen LogP contribution >= 0.6 is 11.6 Å². The molecule has 86 valence electrons. The van der Waals surface area contributed by atoms with Crippen LogP contribution in [0.1, 0.15) is 5.69 Å². The van der Waals surface area contributed by atoms with Gasteiger partial charge in [0.15, 0.2) is 0 Å². The molecule has 0 saturated heterocycles. The molecule has 0 saturated carbocycles. The average Bonchev–Trinajstić information content (AvgIpc) is 2.29. The fourth-order valence-corrected chi connectivity index (χ4v) is 1.74. The quantitative estimate of drug-likeness (QED) is 0.466. The summed E-state index contributed by atoms with van der Waals surface area (Å²) in [4.78, 5) is 18.3. The van der Waals surface area contributed by atoms with E-state index in [0.717, 1.165) is 0 Å². The van der Waals surface area contributed by atoms with Crippen molar-refractivity contribution in [3.05, 3.63) is 51.6 Å². The van der Waals surface area contributed by atoms with E-state index in [4.69, 9.17) is 11.6 Å². The third-order valence-corrected chi connectivity index (χ3v) is 2.52. The highest BCUT2D eigenvalue weighted by molar-refractivity contribution is 6.28. The summed E-state index contributed by atoms with van der Waals surface area (Å²) in [5.74, 6) is 0. The predicted molar refractivity (Wildman–Crippen MR) is 63.9 cm³/mol. The van der Waals surface area contributed by atoms with Crippen LogP contribution in [0.25, 0.3) is 11.1 Å². The summed E-state index contributed by atoms with van der Waals surface area (Å²) in [5.41, 5.74) is 1.74. The van der Waals surface area contributed by atoms with Crippen molar-refractivity contribution in [3.8, 4) is 11.1 Å². The lowest BCUT2D eigenvalue weighted by atomic mass is 10.0. The first-order valence-electron chi connectivity index (χ1n) is 4.82. The minimum atomic E-state index is -0.427. The fourth-order valence-electron chi connectivity index (χ4n) is 1.56. The fraction of sp³-hybridized carbons (Fsp3) is 0.0909. The Morgan fingerprint density at radius 2 is 2.00 bits per heavy atom. The maximum absolute atomic E-state index is 10.9. The number of nitrogens with zero attached hydrogens (tertiary/aromatic N) is 3. The first kappa shape index (κ1) is 11.5. The molecule has 0 aliphatic carbocycles. The summed E-state index contributed by atoms with van der Waals surface area (Å²) >= 11 is 5.65. The lowest BCUT2D eigenvalue weighted by molar-refractivity contribution is -0.384. The van der Waals surface area contributed by atoms with Gasteiger partial charge >= 0.3 is 0 Å². The summed E-state index contributed by atoms with van der Waals surface area (Å²) < 4.78 is 0. The number of nitro benzene ring substituents is 1. The topological polar surface area (TPSA) is 68.9 Å². The van der Waals surface area contributed by atoms with Gasteiger partial charge in [-0.15, -0.1) is 0 Å². The molecule has 0 radical (unpaired) electrons. The maximum atomic E-state index is 10.9. The standard InChI is InChI=1S/C11H8ClN3O2/c1-7-9(6-13-11(12)14-7)8-4-2-3-5-10(8)15(16)17/h2-6H,1H3. The Balaban J connectivity index is 2.64. The van der Waals surface area contributed by atoms with Crippen molar-refractivity contribution in [2.24, 2.45) is 0 Å². The Kier molecular flexibility index (Phi) is 3.01. The normalized spacial score (nSPS) is 10.2. The molecule has 0 aliphatic heterocycles. The lowest BCUT2D eigenvalue weighted by Crippen LogP contribution is -1.95. The number of aryl methyl sites for hydroxylation is 1. The SMILES string of the molecule is Cc1nc(Cl)ncc1-c1ccccc1[N+](=O)[O-]. The second-order valence-corrected chi connectivity index (χ2v) is 3.75. The molecule has 1 heterocycles. The van der Waals surface area contributed by atoms with E-state index < -0.39 is 4.92 Å². The summed E-state index contributed by atoms with van der Waals surface area (Å²) in [5, 5.41) is 11.0. The molecule has 0 spiro atoms. The third kappa shape index (κ3) is 2.24. The van der Waals surface area contributed by atoms with E-state index in [1.807, 2.05) is 0 Å². The van der Waals surface area contributed by atoms with Gasteiger partial charge in [0.25, 0.3) is 5.69 Å². The molecule has 0 bridgehead atoms. The zero-order valence-electron chi connectivity index (χ0n) is 8.92. The van der Waals surface area contributed by atoms with E-state index in [2.05, 4.69) is 9.97 Å². The predicted octanol–water partition coefficient (Wildman–Crippen LogP) is 3.01. The van der Waals surface area contributed by atoms with Crippen LogP contribution in [0.3, 0.4) is 0 Å². The highest BCUT2D eigenvalue weighted by Crippen LogP contribution is 2.30. The summed E-state index contributed by atoms with van der Waals surface area (Å²) in [7, 11) is 0. The van der Waals surface area contributed by atoms with Crippen molar-refractivity contribution < 1.29 is 4.92 Å². The molecule has 0 aliphatic rings. The zero-order chi connectivity index (χ0) is 12.4. The molecule has 0 amide bonds. The van der Waals surface area contributed by atoms with Crippen LogP contribution in [0.15, 0.2) is 30.5 Å². The molecule has 1 aromatic carbocycles. The van der Waals surface area contributed by atoms with Gasteiger partial charge in [0, 0.05) is 17.8 Å². The average molecular weight is 250 g/mol. The highest BCUT2D eigenvalue weighted by atomic mass is 35.5. The molecule has 0 N–H and O–H groups in total. The Labute approximate surface area is 102 Å². The van der Waals surface area contributed by atoms with E-state index in [-0.39, 0.29) is 11.0 Å². The lowest BCUT2D eigenvalue weighted by Gasteiger charge is -2.05. The highest BCUT2D eigenvalue weighted by Gasteiger charge is 2.16. The Morgan fingerprint density at radius 1 is 1.29 bits per heavy atom. The van der Waals surface area contributed by atoms with Gasteiger partial charge in [0.1, 0.15) is 0 Å². The van der Waals surface area contributed by atoms with Crippen LogP contribution in [-0.4, -0.2) is 14.9 Å². The molecular formula is C11H8ClN3O2. The largest absolute Gasteiger partial charge is 0.277 e. The van der Waals surface area contributed by atoms with Gasteiger partial charge in [-0.3, -0.25) is 10.1 Å². The van der Waals surface area contributed by atoms with Crippen molar-refractivity contribution >= 4 is 17.3 Å². The Morgan fingerprint density at radius 3 is 2.65 bits per heavy atom. The first-order chi connectivity index (χ1) is 8.09. The maximum Gasteiger partial charge on any atom is 0.277 e. The van der Waals surface area contributed by atoms with Crippen LogP contribution in [0.5, 0.6) is 0 Å². The van der Waals surface area contributed by atoms with Crippen LogP contribution in [-0.2, 0) is 0 Å². The van der Waals surface area contributed by atoms with Gasteiger partial charge in [-0.2, -0.15) is 0 Å². The molecule has 6 heteroatoms. The second-order valence-electron chi connectivity index (χ2n) is 3.41. The smallest absolute Gasteiger partial charge is 0.258 e. The van der Waals surface area contributed by atoms with E-state index in [1.54, 1.807) is 25.1 Å². The van der Waals surface area contributed by atoms with E-state index >= 15 is 0 Å². The van der Waals surface area contributed by atoms with Gasteiger partial charge in [-0.1, -0.05) is 12.1 Å². The molecule has 0 fully saturated rings. The molecule has 2 rings (SSSR count). The van der Waals surface area contributed by atoms with Crippen molar-refractivity contribution in [3.63, 3.8) is 0 Å². The minimum absolute atomic E-state index is 0.0292. The molecule has 0 unspecified atom stereocenters.